The highest BCUT2D eigenvalue weighted by Crippen LogP contribution is 2.34. The Kier molecular flexibility index (Phi) is 8.29. The Balaban J connectivity index is 1.42. The van der Waals surface area contributed by atoms with Crippen LogP contribution >= 0.6 is 39.1 Å². The van der Waals surface area contributed by atoms with Crippen molar-refractivity contribution in [2.75, 3.05) is 7.11 Å². The van der Waals surface area contributed by atoms with Crippen LogP contribution in [0, 0.1) is 0 Å². The van der Waals surface area contributed by atoms with Crippen molar-refractivity contribution in [1.82, 2.24) is 5.43 Å². The van der Waals surface area contributed by atoms with Crippen LogP contribution < -0.4 is 14.9 Å². The molecule has 0 heterocycles. The molecule has 0 unspecified atom stereocenters. The highest BCUT2D eigenvalue weighted by Gasteiger charge is 2.12. The van der Waals surface area contributed by atoms with Gasteiger partial charge in [0.1, 0.15) is 6.61 Å². The number of hydrogen-bond donors (Lipinski definition) is 1. The molecule has 0 aromatic heterocycles. The molecule has 0 spiro atoms. The largest absolute Gasteiger partial charge is 0.493 e. The summed E-state index contributed by atoms with van der Waals surface area (Å²) < 4.78 is 12.1. The third-order valence-electron chi connectivity index (χ3n) is 5.31. The van der Waals surface area contributed by atoms with Crippen LogP contribution in [-0.4, -0.2) is 19.2 Å². The molecule has 4 aromatic carbocycles. The van der Waals surface area contributed by atoms with E-state index in [0.717, 1.165) is 26.4 Å². The number of halogens is 3. The molecule has 8 heteroatoms. The Morgan fingerprint density at radius 1 is 1.00 bits per heavy atom. The van der Waals surface area contributed by atoms with E-state index >= 15 is 0 Å². The molecule has 4 rings (SSSR count). The van der Waals surface area contributed by atoms with E-state index in [-0.39, 0.29) is 18.9 Å². The van der Waals surface area contributed by atoms with Gasteiger partial charge in [0, 0.05) is 25.6 Å². The monoisotopic (exact) mass is 570 g/mol. The first-order chi connectivity index (χ1) is 16.9. The average molecular weight is 572 g/mol. The van der Waals surface area contributed by atoms with Crippen LogP contribution in [0.5, 0.6) is 11.5 Å². The lowest BCUT2D eigenvalue weighted by molar-refractivity contribution is -0.120. The Morgan fingerprint density at radius 3 is 2.60 bits per heavy atom. The highest BCUT2D eigenvalue weighted by molar-refractivity contribution is 9.10. The number of methoxy groups -OCH3 is 1. The van der Waals surface area contributed by atoms with E-state index in [2.05, 4.69) is 26.5 Å². The van der Waals surface area contributed by atoms with Gasteiger partial charge in [-0.05, 0) is 56.5 Å². The van der Waals surface area contributed by atoms with Crippen LogP contribution in [0.1, 0.15) is 16.7 Å². The number of nitrogens with zero attached hydrogens (tertiary/aromatic N) is 1. The fourth-order valence-corrected chi connectivity index (χ4v) is 4.44. The molecule has 5 nitrogen and oxygen atoms in total. The van der Waals surface area contributed by atoms with E-state index < -0.39 is 0 Å². The molecule has 0 radical (unpaired) electrons. The Morgan fingerprint density at radius 2 is 1.80 bits per heavy atom. The van der Waals surface area contributed by atoms with Gasteiger partial charge in [0.05, 0.1) is 19.7 Å². The maximum atomic E-state index is 12.5. The summed E-state index contributed by atoms with van der Waals surface area (Å²) in [6.07, 6.45) is 1.77. The zero-order valence-electron chi connectivity index (χ0n) is 18.7. The van der Waals surface area contributed by atoms with Gasteiger partial charge in [-0.2, -0.15) is 5.10 Å². The van der Waals surface area contributed by atoms with Crippen LogP contribution in [0.15, 0.2) is 82.4 Å². The van der Waals surface area contributed by atoms with Gasteiger partial charge < -0.3 is 9.47 Å². The van der Waals surface area contributed by atoms with E-state index in [4.69, 9.17) is 32.7 Å². The van der Waals surface area contributed by atoms with Gasteiger partial charge in [-0.25, -0.2) is 5.43 Å². The summed E-state index contributed by atoms with van der Waals surface area (Å²) >= 11 is 15.7. The highest BCUT2D eigenvalue weighted by atomic mass is 79.9. The first kappa shape index (κ1) is 25.0. The van der Waals surface area contributed by atoms with E-state index in [9.17, 15) is 4.79 Å². The molecular formula is C27H21BrCl2N2O3. The number of carbonyl (C=O) groups excluding carboxylic acids is 1. The van der Waals surface area contributed by atoms with Gasteiger partial charge in [0.25, 0.3) is 0 Å². The molecule has 4 aromatic rings. The van der Waals surface area contributed by atoms with Gasteiger partial charge in [-0.3, -0.25) is 4.79 Å². The quantitative estimate of drug-likeness (QED) is 0.180. The van der Waals surface area contributed by atoms with Crippen molar-refractivity contribution < 1.29 is 14.3 Å². The minimum atomic E-state index is -0.208. The standard InChI is InChI=1S/C27H21BrCl2N2O3/c1-34-25-11-20(23(28)14-26(25)35-16-19-9-10-21(29)13-24(19)30)15-31-32-27(33)12-18-7-4-6-17-5-2-3-8-22(17)18/h2-11,13-15H,12,16H2,1H3,(H,32,33)/b31-15-. The van der Waals surface area contributed by atoms with Crippen LogP contribution in [0.2, 0.25) is 10.0 Å². The fraction of sp³-hybridized carbons (Fsp3) is 0.111. The molecule has 1 amide bonds. The van der Waals surface area contributed by atoms with Crippen LogP contribution in [-0.2, 0) is 17.8 Å². The Hall–Kier alpha value is -3.06. The molecule has 0 aliphatic rings. The summed E-state index contributed by atoms with van der Waals surface area (Å²) in [5, 5.41) is 7.35. The first-order valence-corrected chi connectivity index (χ1v) is 12.2. The number of ether oxygens (including phenoxy) is 2. The zero-order valence-corrected chi connectivity index (χ0v) is 21.8. The van der Waals surface area contributed by atoms with Gasteiger partial charge >= 0.3 is 0 Å². The summed E-state index contributed by atoms with van der Waals surface area (Å²) in [4.78, 5) is 12.5. The van der Waals surface area contributed by atoms with Gasteiger partial charge in [0.15, 0.2) is 11.5 Å². The number of rotatable bonds is 8. The number of hydrazone groups is 1. The molecule has 178 valence electrons. The Bertz CT molecular complexity index is 1400. The molecule has 0 saturated heterocycles. The lowest BCUT2D eigenvalue weighted by Crippen LogP contribution is -2.20. The summed E-state index contributed by atoms with van der Waals surface area (Å²) in [5.41, 5.74) is 5.05. The minimum absolute atomic E-state index is 0.208. The molecule has 1 N–H and O–H groups in total. The Labute approximate surface area is 221 Å². The molecule has 0 saturated carbocycles. The molecule has 0 aliphatic heterocycles. The number of nitrogens with one attached hydrogen (secondary N) is 1. The first-order valence-electron chi connectivity index (χ1n) is 10.7. The van der Waals surface area contributed by atoms with Crippen molar-refractivity contribution in [2.45, 2.75) is 13.0 Å². The lowest BCUT2D eigenvalue weighted by atomic mass is 10.0. The number of carbonyl (C=O) groups is 1. The van der Waals surface area contributed by atoms with Gasteiger partial charge in [-0.1, -0.05) is 71.7 Å². The summed E-state index contributed by atoms with van der Waals surface area (Å²) in [7, 11) is 1.55. The second-order valence-corrected chi connectivity index (χ2v) is 9.36. The maximum absolute atomic E-state index is 12.5. The topological polar surface area (TPSA) is 59.9 Å². The number of amides is 1. The van der Waals surface area contributed by atoms with Crippen molar-refractivity contribution in [2.24, 2.45) is 5.10 Å². The molecule has 0 fully saturated rings. The fourth-order valence-electron chi connectivity index (χ4n) is 3.55. The van der Waals surface area contributed by atoms with Crippen molar-refractivity contribution in [3.05, 3.63) is 104 Å². The molecular weight excluding hydrogens is 551 g/mol. The number of hydrogen-bond acceptors (Lipinski definition) is 4. The predicted molar refractivity (Wildman–Crippen MR) is 145 cm³/mol. The summed E-state index contributed by atoms with van der Waals surface area (Å²) in [5.74, 6) is 0.838. The normalized spacial score (nSPS) is 11.1. The van der Waals surface area contributed by atoms with E-state index in [1.165, 1.54) is 0 Å². The third kappa shape index (κ3) is 6.34. The van der Waals surface area contributed by atoms with Crippen molar-refractivity contribution in [3.63, 3.8) is 0 Å². The number of fused-ring (bicyclic) bond motifs is 1. The second-order valence-electron chi connectivity index (χ2n) is 7.66. The van der Waals surface area contributed by atoms with Crippen molar-refractivity contribution >= 4 is 62.0 Å². The molecule has 0 atom stereocenters. The summed E-state index contributed by atoms with van der Waals surface area (Å²) in [6.45, 7) is 0.246. The predicted octanol–water partition coefficient (Wildman–Crippen LogP) is 7.19. The van der Waals surface area contributed by atoms with E-state index in [1.54, 1.807) is 37.6 Å². The lowest BCUT2D eigenvalue weighted by Gasteiger charge is -2.13. The minimum Gasteiger partial charge on any atom is -0.493 e. The second kappa shape index (κ2) is 11.6. The molecule has 35 heavy (non-hydrogen) atoms. The zero-order chi connectivity index (χ0) is 24.8. The average Bonchev–Trinajstić information content (AvgIpc) is 2.85. The van der Waals surface area contributed by atoms with Gasteiger partial charge in [0.2, 0.25) is 5.91 Å². The molecule has 0 aliphatic carbocycles. The number of benzene rings is 4. The SMILES string of the molecule is COc1cc(/C=N\NC(=O)Cc2cccc3ccccc23)c(Br)cc1OCc1ccc(Cl)cc1Cl. The third-order valence-corrected chi connectivity index (χ3v) is 6.58. The smallest absolute Gasteiger partial charge is 0.244 e. The maximum Gasteiger partial charge on any atom is 0.244 e. The van der Waals surface area contributed by atoms with Crippen LogP contribution in [0.3, 0.4) is 0 Å². The molecule has 0 bridgehead atoms. The van der Waals surface area contributed by atoms with E-state index in [1.807, 2.05) is 48.5 Å². The van der Waals surface area contributed by atoms with Crippen molar-refractivity contribution in [3.8, 4) is 11.5 Å². The summed E-state index contributed by atoms with van der Waals surface area (Å²) in [6, 6.07) is 22.7. The van der Waals surface area contributed by atoms with Crippen molar-refractivity contribution in [1.29, 1.82) is 0 Å². The van der Waals surface area contributed by atoms with Gasteiger partial charge in [-0.15, -0.1) is 0 Å². The van der Waals surface area contributed by atoms with E-state index in [0.29, 0.717) is 27.1 Å². The van der Waals surface area contributed by atoms with Crippen LogP contribution in [0.4, 0.5) is 0 Å². The van der Waals surface area contributed by atoms with Crippen LogP contribution in [0.25, 0.3) is 10.8 Å².